The lowest BCUT2D eigenvalue weighted by Gasteiger charge is -2.48. The van der Waals surface area contributed by atoms with E-state index in [1.54, 1.807) is 0 Å². The van der Waals surface area contributed by atoms with Gasteiger partial charge in [0.25, 0.3) is 0 Å². The number of hydrogen-bond acceptors (Lipinski definition) is 3. The molecule has 0 aromatic rings. The molecule has 1 heterocycles. The Bertz CT molecular complexity index is 262. The van der Waals surface area contributed by atoms with Crippen LogP contribution in [-0.4, -0.2) is 35.0 Å². The van der Waals surface area contributed by atoms with Gasteiger partial charge in [0.05, 0.1) is 5.60 Å². The van der Waals surface area contributed by atoms with Crippen molar-refractivity contribution in [2.45, 2.75) is 50.5 Å². The van der Waals surface area contributed by atoms with Crippen molar-refractivity contribution in [3.8, 4) is 0 Å². The molecule has 1 saturated carbocycles. The number of rotatable bonds is 2. The van der Waals surface area contributed by atoms with E-state index in [-0.39, 0.29) is 0 Å². The van der Waals surface area contributed by atoms with Gasteiger partial charge in [0.15, 0.2) is 0 Å². The highest BCUT2D eigenvalue weighted by Crippen LogP contribution is 2.48. The van der Waals surface area contributed by atoms with E-state index in [9.17, 15) is 15.0 Å². The Kier molecular flexibility index (Phi) is 3.22. The zero-order valence-corrected chi connectivity index (χ0v) is 9.57. The monoisotopic (exact) mass is 228 g/mol. The van der Waals surface area contributed by atoms with Crippen LogP contribution in [-0.2, 0) is 9.53 Å². The van der Waals surface area contributed by atoms with Crippen LogP contribution >= 0.6 is 0 Å². The zero-order valence-electron chi connectivity index (χ0n) is 9.57. The Hall–Kier alpha value is -0.610. The van der Waals surface area contributed by atoms with Crippen LogP contribution in [0.4, 0.5) is 0 Å². The maximum Gasteiger partial charge on any atom is 0.312 e. The van der Waals surface area contributed by atoms with Crippen LogP contribution in [0.5, 0.6) is 0 Å². The minimum atomic E-state index is -1.01. The third-order valence-electron chi connectivity index (χ3n) is 4.33. The predicted octanol–water partition coefficient (Wildman–Crippen LogP) is 1.56. The SMILES string of the molecule is O=C(O)C1(C2(O)CCCCC2)CCOCC1. The van der Waals surface area contributed by atoms with E-state index >= 15 is 0 Å². The molecule has 0 spiro atoms. The number of carboxylic acid groups (broad SMARTS) is 1. The summed E-state index contributed by atoms with van der Waals surface area (Å²) in [7, 11) is 0. The van der Waals surface area contributed by atoms with Crippen LogP contribution in [0.2, 0.25) is 0 Å². The normalized spacial score (nSPS) is 28.6. The molecule has 4 heteroatoms. The first-order valence-corrected chi connectivity index (χ1v) is 6.14. The molecule has 0 aromatic carbocycles. The van der Waals surface area contributed by atoms with E-state index in [1.165, 1.54) is 0 Å². The Balaban J connectivity index is 2.26. The molecule has 16 heavy (non-hydrogen) atoms. The molecule has 92 valence electrons. The predicted molar refractivity (Wildman–Crippen MR) is 58.2 cm³/mol. The average Bonchev–Trinajstić information content (AvgIpc) is 2.30. The van der Waals surface area contributed by atoms with Gasteiger partial charge >= 0.3 is 5.97 Å². The number of carbonyl (C=O) groups is 1. The topological polar surface area (TPSA) is 66.8 Å². The van der Waals surface area contributed by atoms with Gasteiger partial charge in [-0.1, -0.05) is 19.3 Å². The van der Waals surface area contributed by atoms with E-state index in [0.29, 0.717) is 38.9 Å². The van der Waals surface area contributed by atoms with Crippen LogP contribution < -0.4 is 0 Å². The molecule has 0 radical (unpaired) electrons. The highest BCUT2D eigenvalue weighted by molar-refractivity contribution is 5.76. The summed E-state index contributed by atoms with van der Waals surface area (Å²) in [6, 6.07) is 0. The van der Waals surface area contributed by atoms with Gasteiger partial charge < -0.3 is 14.9 Å². The Labute approximate surface area is 95.6 Å². The summed E-state index contributed by atoms with van der Waals surface area (Å²) in [5, 5.41) is 20.2. The molecule has 0 aromatic heterocycles. The Morgan fingerprint density at radius 2 is 1.56 bits per heavy atom. The summed E-state index contributed by atoms with van der Waals surface area (Å²) in [6.07, 6.45) is 5.11. The molecule has 1 aliphatic heterocycles. The lowest BCUT2D eigenvalue weighted by Crippen LogP contribution is -2.56. The van der Waals surface area contributed by atoms with Crippen molar-refractivity contribution in [2.75, 3.05) is 13.2 Å². The maximum atomic E-state index is 11.6. The van der Waals surface area contributed by atoms with Crippen LogP contribution in [0.3, 0.4) is 0 Å². The van der Waals surface area contributed by atoms with Crippen molar-refractivity contribution in [1.82, 2.24) is 0 Å². The molecule has 2 fully saturated rings. The average molecular weight is 228 g/mol. The van der Waals surface area contributed by atoms with E-state index < -0.39 is 17.0 Å². The first-order chi connectivity index (χ1) is 7.61. The minimum Gasteiger partial charge on any atom is -0.481 e. The number of hydrogen-bond donors (Lipinski definition) is 2. The molecule has 2 aliphatic rings. The van der Waals surface area contributed by atoms with E-state index in [4.69, 9.17) is 4.74 Å². The molecule has 0 atom stereocenters. The molecular weight excluding hydrogens is 208 g/mol. The highest BCUT2D eigenvalue weighted by atomic mass is 16.5. The fourth-order valence-electron chi connectivity index (χ4n) is 3.21. The molecular formula is C12H20O4. The van der Waals surface area contributed by atoms with Gasteiger partial charge in [-0.05, 0) is 25.7 Å². The van der Waals surface area contributed by atoms with Crippen molar-refractivity contribution < 1.29 is 19.7 Å². The highest BCUT2D eigenvalue weighted by Gasteiger charge is 2.56. The zero-order chi connectivity index (χ0) is 11.6. The van der Waals surface area contributed by atoms with Gasteiger partial charge in [-0.15, -0.1) is 0 Å². The smallest absolute Gasteiger partial charge is 0.312 e. The standard InChI is InChI=1S/C12H20O4/c13-10(14)11(6-8-16-9-7-11)12(15)4-2-1-3-5-12/h15H,1-9H2,(H,13,14). The molecule has 0 unspecified atom stereocenters. The molecule has 2 N–H and O–H groups in total. The first kappa shape index (κ1) is 11.9. The molecule has 4 nitrogen and oxygen atoms in total. The van der Waals surface area contributed by atoms with Crippen LogP contribution in [0.15, 0.2) is 0 Å². The van der Waals surface area contributed by atoms with Crippen molar-refractivity contribution in [1.29, 1.82) is 0 Å². The van der Waals surface area contributed by atoms with Crippen LogP contribution in [0.1, 0.15) is 44.9 Å². The second kappa shape index (κ2) is 4.34. The summed E-state index contributed by atoms with van der Waals surface area (Å²) < 4.78 is 5.24. The summed E-state index contributed by atoms with van der Waals surface area (Å²) in [5.74, 6) is -0.847. The third-order valence-corrected chi connectivity index (χ3v) is 4.33. The molecule has 1 aliphatic carbocycles. The number of aliphatic hydroxyl groups is 1. The third kappa shape index (κ3) is 1.74. The van der Waals surface area contributed by atoms with Crippen molar-refractivity contribution >= 4 is 5.97 Å². The van der Waals surface area contributed by atoms with E-state index in [0.717, 1.165) is 19.3 Å². The van der Waals surface area contributed by atoms with Crippen molar-refractivity contribution in [2.24, 2.45) is 5.41 Å². The Morgan fingerprint density at radius 3 is 2.06 bits per heavy atom. The quantitative estimate of drug-likeness (QED) is 0.752. The summed E-state index contributed by atoms with van der Waals surface area (Å²) in [4.78, 5) is 11.6. The summed E-state index contributed by atoms with van der Waals surface area (Å²) in [5.41, 5.74) is -1.98. The number of aliphatic carboxylic acids is 1. The maximum absolute atomic E-state index is 11.6. The van der Waals surface area contributed by atoms with Gasteiger partial charge in [-0.2, -0.15) is 0 Å². The first-order valence-electron chi connectivity index (χ1n) is 6.14. The van der Waals surface area contributed by atoms with Gasteiger partial charge in [-0.25, -0.2) is 0 Å². The van der Waals surface area contributed by atoms with Crippen molar-refractivity contribution in [3.05, 3.63) is 0 Å². The van der Waals surface area contributed by atoms with E-state index in [1.807, 2.05) is 0 Å². The fraction of sp³-hybridized carbons (Fsp3) is 0.917. The minimum absolute atomic E-state index is 0.443. The molecule has 0 bridgehead atoms. The van der Waals surface area contributed by atoms with Crippen LogP contribution in [0, 0.1) is 5.41 Å². The molecule has 1 saturated heterocycles. The van der Waals surface area contributed by atoms with E-state index in [2.05, 4.69) is 0 Å². The van der Waals surface area contributed by atoms with Gasteiger partial charge in [0.2, 0.25) is 0 Å². The largest absolute Gasteiger partial charge is 0.481 e. The summed E-state index contributed by atoms with van der Waals surface area (Å²) in [6.45, 7) is 0.906. The Morgan fingerprint density at radius 1 is 1.00 bits per heavy atom. The number of ether oxygens (including phenoxy) is 1. The summed E-state index contributed by atoms with van der Waals surface area (Å²) >= 11 is 0. The lowest BCUT2D eigenvalue weighted by atomic mass is 9.61. The molecule has 2 rings (SSSR count). The van der Waals surface area contributed by atoms with Crippen LogP contribution in [0.25, 0.3) is 0 Å². The van der Waals surface area contributed by atoms with Crippen molar-refractivity contribution in [3.63, 3.8) is 0 Å². The fourth-order valence-corrected chi connectivity index (χ4v) is 3.21. The van der Waals surface area contributed by atoms with Gasteiger partial charge in [-0.3, -0.25) is 4.79 Å². The van der Waals surface area contributed by atoms with Gasteiger partial charge in [0.1, 0.15) is 5.41 Å². The lowest BCUT2D eigenvalue weighted by molar-refractivity contribution is -0.190. The van der Waals surface area contributed by atoms with Gasteiger partial charge in [0, 0.05) is 13.2 Å². The number of carboxylic acids is 1. The second-order valence-electron chi connectivity index (χ2n) is 5.09. The second-order valence-corrected chi connectivity index (χ2v) is 5.09. The molecule has 0 amide bonds.